The largest absolute Gasteiger partial charge is 0.497 e. The Morgan fingerprint density at radius 1 is 1.40 bits per heavy atom. The third-order valence-electron chi connectivity index (χ3n) is 1.96. The van der Waals surface area contributed by atoms with Crippen LogP contribution >= 0.6 is 0 Å². The molecule has 1 aromatic heterocycles. The van der Waals surface area contributed by atoms with Crippen LogP contribution in [0.3, 0.4) is 0 Å². The van der Waals surface area contributed by atoms with Gasteiger partial charge in [0.2, 0.25) is 0 Å². The zero-order chi connectivity index (χ0) is 10.7. The minimum Gasteiger partial charge on any atom is -0.497 e. The summed E-state index contributed by atoms with van der Waals surface area (Å²) in [6, 6.07) is 7.63. The summed E-state index contributed by atoms with van der Waals surface area (Å²) in [7, 11) is 1.64. The van der Waals surface area contributed by atoms with Crippen LogP contribution < -0.4 is 15.9 Å². The third-order valence-corrected chi connectivity index (χ3v) is 1.96. The van der Waals surface area contributed by atoms with Gasteiger partial charge in [0.1, 0.15) is 5.75 Å². The average molecular weight is 204 g/mol. The molecule has 0 unspecified atom stereocenters. The van der Waals surface area contributed by atoms with E-state index in [1.54, 1.807) is 19.5 Å². The number of rotatable bonds is 3. The van der Waals surface area contributed by atoms with Crippen LogP contribution in [-0.2, 0) is 0 Å². The SMILES string of the molecule is COc1cccc(Nc2cnn(N)c2)c1. The van der Waals surface area contributed by atoms with Gasteiger partial charge in [0.15, 0.2) is 0 Å². The van der Waals surface area contributed by atoms with Gasteiger partial charge in [0.05, 0.1) is 25.2 Å². The highest BCUT2D eigenvalue weighted by molar-refractivity contribution is 5.59. The van der Waals surface area contributed by atoms with Crippen LogP contribution in [0.15, 0.2) is 36.7 Å². The predicted octanol–water partition coefficient (Wildman–Crippen LogP) is 1.35. The van der Waals surface area contributed by atoms with Gasteiger partial charge in [-0.2, -0.15) is 9.89 Å². The first kappa shape index (κ1) is 9.39. The van der Waals surface area contributed by atoms with E-state index in [4.69, 9.17) is 10.6 Å². The Bertz CT molecular complexity index is 452. The fraction of sp³-hybridized carbons (Fsp3) is 0.100. The summed E-state index contributed by atoms with van der Waals surface area (Å²) in [5.74, 6) is 6.23. The van der Waals surface area contributed by atoms with Crippen molar-refractivity contribution in [3.8, 4) is 5.75 Å². The first-order valence-electron chi connectivity index (χ1n) is 4.49. The van der Waals surface area contributed by atoms with Gasteiger partial charge in [-0.25, -0.2) is 0 Å². The number of nitrogens with one attached hydrogen (secondary N) is 1. The minimum absolute atomic E-state index is 0.806. The number of hydrogen-bond donors (Lipinski definition) is 2. The second-order valence-corrected chi connectivity index (χ2v) is 3.07. The quantitative estimate of drug-likeness (QED) is 0.741. The fourth-order valence-electron chi connectivity index (χ4n) is 1.27. The first-order valence-corrected chi connectivity index (χ1v) is 4.49. The summed E-state index contributed by atoms with van der Waals surface area (Å²) in [6.45, 7) is 0. The van der Waals surface area contributed by atoms with E-state index in [-0.39, 0.29) is 0 Å². The van der Waals surface area contributed by atoms with Crippen molar-refractivity contribution in [3.63, 3.8) is 0 Å². The van der Waals surface area contributed by atoms with Gasteiger partial charge in [0.25, 0.3) is 0 Å². The second kappa shape index (κ2) is 3.91. The fourth-order valence-corrected chi connectivity index (χ4v) is 1.27. The van der Waals surface area contributed by atoms with Crippen molar-refractivity contribution >= 4 is 11.4 Å². The number of benzene rings is 1. The second-order valence-electron chi connectivity index (χ2n) is 3.07. The molecule has 0 amide bonds. The van der Waals surface area contributed by atoms with E-state index in [0.717, 1.165) is 17.1 Å². The molecule has 0 aliphatic rings. The Morgan fingerprint density at radius 3 is 2.93 bits per heavy atom. The molecule has 5 heteroatoms. The third kappa shape index (κ3) is 2.19. The summed E-state index contributed by atoms with van der Waals surface area (Å²) in [4.78, 5) is 1.25. The molecule has 0 radical (unpaired) electrons. The van der Waals surface area contributed by atoms with Crippen LogP contribution in [0.1, 0.15) is 0 Å². The van der Waals surface area contributed by atoms with Crippen molar-refractivity contribution in [2.24, 2.45) is 0 Å². The lowest BCUT2D eigenvalue weighted by Gasteiger charge is -2.05. The molecule has 0 saturated heterocycles. The predicted molar refractivity (Wildman–Crippen MR) is 58.7 cm³/mol. The Kier molecular flexibility index (Phi) is 2.45. The lowest BCUT2D eigenvalue weighted by Crippen LogP contribution is -2.07. The zero-order valence-electron chi connectivity index (χ0n) is 8.34. The molecule has 3 N–H and O–H groups in total. The molecule has 0 atom stereocenters. The van der Waals surface area contributed by atoms with E-state index in [9.17, 15) is 0 Å². The van der Waals surface area contributed by atoms with Crippen LogP contribution in [0.4, 0.5) is 11.4 Å². The lowest BCUT2D eigenvalue weighted by molar-refractivity contribution is 0.415. The van der Waals surface area contributed by atoms with E-state index < -0.39 is 0 Å². The van der Waals surface area contributed by atoms with E-state index in [0.29, 0.717) is 0 Å². The monoisotopic (exact) mass is 204 g/mol. The molecule has 0 saturated carbocycles. The first-order chi connectivity index (χ1) is 7.28. The number of nitrogen functional groups attached to an aromatic ring is 1. The van der Waals surface area contributed by atoms with E-state index in [2.05, 4.69) is 10.4 Å². The molecule has 2 aromatic rings. The van der Waals surface area contributed by atoms with Crippen molar-refractivity contribution in [3.05, 3.63) is 36.7 Å². The molecule has 0 fully saturated rings. The highest BCUT2D eigenvalue weighted by Crippen LogP contribution is 2.20. The average Bonchev–Trinajstić information content (AvgIpc) is 2.64. The van der Waals surface area contributed by atoms with Gasteiger partial charge in [0, 0.05) is 11.8 Å². The van der Waals surface area contributed by atoms with Gasteiger partial charge in [-0.05, 0) is 12.1 Å². The highest BCUT2D eigenvalue weighted by atomic mass is 16.5. The summed E-state index contributed by atoms with van der Waals surface area (Å²) in [6.07, 6.45) is 3.35. The van der Waals surface area contributed by atoms with Crippen molar-refractivity contribution < 1.29 is 4.74 Å². The van der Waals surface area contributed by atoms with Crippen LogP contribution in [0.25, 0.3) is 0 Å². The Hall–Kier alpha value is -2.17. The Balaban J connectivity index is 2.16. The molecule has 5 nitrogen and oxygen atoms in total. The van der Waals surface area contributed by atoms with Crippen LogP contribution in [0.5, 0.6) is 5.75 Å². The number of aromatic nitrogens is 2. The number of anilines is 2. The van der Waals surface area contributed by atoms with E-state index in [1.807, 2.05) is 24.3 Å². The number of methoxy groups -OCH3 is 1. The highest BCUT2D eigenvalue weighted by Gasteiger charge is 1.98. The molecular formula is C10H12N4O. The molecule has 1 aromatic carbocycles. The van der Waals surface area contributed by atoms with E-state index >= 15 is 0 Å². The summed E-state index contributed by atoms with van der Waals surface area (Å²) < 4.78 is 5.11. The topological polar surface area (TPSA) is 65.1 Å². The van der Waals surface area contributed by atoms with E-state index in [1.165, 1.54) is 4.79 Å². The van der Waals surface area contributed by atoms with Crippen LogP contribution in [-0.4, -0.2) is 17.0 Å². The normalized spacial score (nSPS) is 9.93. The standard InChI is InChI=1S/C10H12N4O/c1-15-10-4-2-3-8(5-10)13-9-6-12-14(11)7-9/h2-7,13H,11H2,1H3. The van der Waals surface area contributed by atoms with Crippen molar-refractivity contribution in [1.29, 1.82) is 0 Å². The molecule has 2 rings (SSSR count). The van der Waals surface area contributed by atoms with Crippen LogP contribution in [0, 0.1) is 0 Å². The zero-order valence-corrected chi connectivity index (χ0v) is 8.34. The van der Waals surface area contributed by atoms with Gasteiger partial charge in [-0.3, -0.25) is 0 Å². The summed E-state index contributed by atoms with van der Waals surface area (Å²) >= 11 is 0. The molecule has 0 aliphatic heterocycles. The number of ether oxygens (including phenoxy) is 1. The number of nitrogens with zero attached hydrogens (tertiary/aromatic N) is 2. The molecule has 0 bridgehead atoms. The summed E-state index contributed by atoms with van der Waals surface area (Å²) in [5.41, 5.74) is 1.77. The number of hydrogen-bond acceptors (Lipinski definition) is 4. The molecule has 15 heavy (non-hydrogen) atoms. The maximum absolute atomic E-state index is 5.43. The molecule has 1 heterocycles. The Labute approximate surface area is 87.4 Å². The van der Waals surface area contributed by atoms with Gasteiger partial charge in [-0.1, -0.05) is 6.07 Å². The Morgan fingerprint density at radius 2 is 2.27 bits per heavy atom. The van der Waals surface area contributed by atoms with Crippen molar-refractivity contribution in [2.75, 3.05) is 18.3 Å². The van der Waals surface area contributed by atoms with Crippen molar-refractivity contribution in [1.82, 2.24) is 9.89 Å². The van der Waals surface area contributed by atoms with Gasteiger partial charge in [-0.15, -0.1) is 0 Å². The van der Waals surface area contributed by atoms with Crippen LogP contribution in [0.2, 0.25) is 0 Å². The molecule has 78 valence electrons. The smallest absolute Gasteiger partial charge is 0.120 e. The maximum Gasteiger partial charge on any atom is 0.120 e. The lowest BCUT2D eigenvalue weighted by atomic mass is 10.3. The van der Waals surface area contributed by atoms with Gasteiger partial charge >= 0.3 is 0 Å². The minimum atomic E-state index is 0.806. The molecule has 0 aliphatic carbocycles. The number of nitrogens with two attached hydrogens (primary N) is 1. The van der Waals surface area contributed by atoms with Gasteiger partial charge < -0.3 is 15.9 Å². The maximum atomic E-state index is 5.43. The summed E-state index contributed by atoms with van der Waals surface area (Å²) in [5, 5.41) is 7.01. The molecule has 0 spiro atoms. The molecular weight excluding hydrogens is 192 g/mol. The van der Waals surface area contributed by atoms with Crippen molar-refractivity contribution in [2.45, 2.75) is 0 Å².